The second-order valence-corrected chi connectivity index (χ2v) is 7.65. The Morgan fingerprint density at radius 3 is 2.61 bits per heavy atom. The fourth-order valence-electron chi connectivity index (χ4n) is 4.00. The number of hydrogen-bond acceptors (Lipinski definition) is 4. The van der Waals surface area contributed by atoms with Crippen molar-refractivity contribution in [3.05, 3.63) is 47.5 Å². The van der Waals surface area contributed by atoms with Gasteiger partial charge in [-0.05, 0) is 51.1 Å². The largest absolute Gasteiger partial charge is 0.330 e. The number of benzene rings is 1. The minimum atomic E-state index is 0.00866. The summed E-state index contributed by atoms with van der Waals surface area (Å²) >= 11 is 0. The van der Waals surface area contributed by atoms with Crippen LogP contribution in [-0.2, 0) is 20.6 Å². The molecular weight excluding hydrogens is 352 g/mol. The Balaban J connectivity index is 1.60. The third-order valence-electron chi connectivity index (χ3n) is 5.61. The van der Waals surface area contributed by atoms with E-state index in [1.807, 2.05) is 50.2 Å². The first kappa shape index (κ1) is 18.7. The molecule has 3 aromatic rings. The predicted molar refractivity (Wildman–Crippen MR) is 109 cm³/mol. The van der Waals surface area contributed by atoms with Crippen LogP contribution in [-0.4, -0.2) is 61.2 Å². The van der Waals surface area contributed by atoms with Gasteiger partial charge < -0.3 is 14.4 Å². The topological polar surface area (TPSA) is 59.2 Å². The lowest BCUT2D eigenvalue weighted by Gasteiger charge is -2.25. The molecule has 1 saturated heterocycles. The van der Waals surface area contributed by atoms with Gasteiger partial charge in [-0.3, -0.25) is 9.48 Å². The van der Waals surface area contributed by atoms with Crippen LogP contribution < -0.4 is 0 Å². The van der Waals surface area contributed by atoms with Gasteiger partial charge in [0.05, 0.1) is 23.3 Å². The van der Waals surface area contributed by atoms with E-state index in [2.05, 4.69) is 20.6 Å². The highest BCUT2D eigenvalue weighted by Gasteiger charge is 2.23. The molecule has 0 atom stereocenters. The van der Waals surface area contributed by atoms with Gasteiger partial charge in [-0.15, -0.1) is 0 Å². The summed E-state index contributed by atoms with van der Waals surface area (Å²) in [6.45, 7) is 6.23. The van der Waals surface area contributed by atoms with E-state index < -0.39 is 0 Å². The van der Waals surface area contributed by atoms with E-state index >= 15 is 0 Å². The Bertz CT molecular complexity index is 982. The number of aromatic nitrogens is 4. The number of rotatable bonds is 6. The highest BCUT2D eigenvalue weighted by molar-refractivity contribution is 5.92. The van der Waals surface area contributed by atoms with E-state index in [1.54, 1.807) is 4.68 Å². The molecule has 0 N–H and O–H groups in total. The molecule has 1 aromatic carbocycles. The van der Waals surface area contributed by atoms with Crippen molar-refractivity contribution in [1.82, 2.24) is 29.1 Å². The van der Waals surface area contributed by atoms with Gasteiger partial charge in [0.15, 0.2) is 0 Å². The smallest absolute Gasteiger partial charge is 0.272 e. The van der Waals surface area contributed by atoms with Gasteiger partial charge in [-0.1, -0.05) is 12.1 Å². The summed E-state index contributed by atoms with van der Waals surface area (Å²) in [6, 6.07) is 9.95. The number of carbonyl (C=O) groups excluding carboxylic acids is 1. The molecule has 3 heterocycles. The number of aryl methyl sites for hydroxylation is 3. The van der Waals surface area contributed by atoms with E-state index in [0.29, 0.717) is 18.8 Å². The number of amides is 1. The lowest BCUT2D eigenvalue weighted by Crippen LogP contribution is -2.38. The van der Waals surface area contributed by atoms with Crippen molar-refractivity contribution in [2.75, 3.05) is 26.2 Å². The molecule has 2 aromatic heterocycles. The minimum Gasteiger partial charge on any atom is -0.330 e. The molecule has 0 saturated carbocycles. The van der Waals surface area contributed by atoms with Crippen LogP contribution in [0.1, 0.15) is 34.8 Å². The molecule has 0 spiro atoms. The number of fused-ring (bicyclic) bond motifs is 1. The number of para-hydroxylation sites is 2. The van der Waals surface area contributed by atoms with Crippen molar-refractivity contribution in [3.8, 4) is 0 Å². The van der Waals surface area contributed by atoms with E-state index in [-0.39, 0.29) is 5.91 Å². The van der Waals surface area contributed by atoms with Crippen molar-refractivity contribution in [2.45, 2.75) is 26.3 Å². The van der Waals surface area contributed by atoms with Gasteiger partial charge >= 0.3 is 0 Å². The summed E-state index contributed by atoms with van der Waals surface area (Å²) in [5.41, 5.74) is 3.52. The van der Waals surface area contributed by atoms with Gasteiger partial charge in [0, 0.05) is 27.2 Å². The molecule has 7 nitrogen and oxygen atoms in total. The van der Waals surface area contributed by atoms with Gasteiger partial charge in [0.1, 0.15) is 11.5 Å². The molecule has 1 amide bonds. The fourth-order valence-corrected chi connectivity index (χ4v) is 4.00. The van der Waals surface area contributed by atoms with Crippen LogP contribution in [0.25, 0.3) is 11.0 Å². The minimum absolute atomic E-state index is 0.00866. The first-order chi connectivity index (χ1) is 13.5. The molecule has 1 fully saturated rings. The van der Waals surface area contributed by atoms with Crippen LogP contribution in [0.15, 0.2) is 30.3 Å². The van der Waals surface area contributed by atoms with Crippen LogP contribution in [0.3, 0.4) is 0 Å². The van der Waals surface area contributed by atoms with Crippen molar-refractivity contribution in [1.29, 1.82) is 0 Å². The van der Waals surface area contributed by atoms with Gasteiger partial charge in [-0.25, -0.2) is 4.98 Å². The number of likely N-dealkylation sites (tertiary alicyclic amines) is 1. The summed E-state index contributed by atoms with van der Waals surface area (Å²) in [5.74, 6) is 0.907. The van der Waals surface area contributed by atoms with Gasteiger partial charge in [0.2, 0.25) is 0 Å². The van der Waals surface area contributed by atoms with E-state index in [4.69, 9.17) is 4.98 Å². The van der Waals surface area contributed by atoms with Crippen LogP contribution >= 0.6 is 0 Å². The number of imidazole rings is 1. The van der Waals surface area contributed by atoms with E-state index in [9.17, 15) is 4.79 Å². The Morgan fingerprint density at radius 1 is 1.18 bits per heavy atom. The molecule has 148 valence electrons. The molecule has 7 heteroatoms. The van der Waals surface area contributed by atoms with Crippen molar-refractivity contribution in [2.24, 2.45) is 14.1 Å². The highest BCUT2D eigenvalue weighted by atomic mass is 16.2. The zero-order valence-corrected chi connectivity index (χ0v) is 16.9. The summed E-state index contributed by atoms with van der Waals surface area (Å²) < 4.78 is 3.76. The molecular formula is C21H28N6O. The maximum Gasteiger partial charge on any atom is 0.272 e. The van der Waals surface area contributed by atoms with Crippen molar-refractivity contribution in [3.63, 3.8) is 0 Å². The summed E-state index contributed by atoms with van der Waals surface area (Å²) in [6.07, 6.45) is 2.50. The second-order valence-electron chi connectivity index (χ2n) is 7.65. The molecule has 0 bridgehead atoms. The first-order valence-electron chi connectivity index (χ1n) is 9.95. The lowest BCUT2D eigenvalue weighted by atomic mass is 10.3. The van der Waals surface area contributed by atoms with Crippen LogP contribution in [0.4, 0.5) is 0 Å². The predicted octanol–water partition coefficient (Wildman–Crippen LogP) is 2.35. The Hall–Kier alpha value is -2.67. The van der Waals surface area contributed by atoms with Crippen LogP contribution in [0.2, 0.25) is 0 Å². The van der Waals surface area contributed by atoms with Crippen molar-refractivity contribution >= 4 is 16.9 Å². The molecule has 4 rings (SSSR count). The van der Waals surface area contributed by atoms with Gasteiger partial charge in [0.25, 0.3) is 5.91 Å². The molecule has 1 aliphatic rings. The highest BCUT2D eigenvalue weighted by Crippen LogP contribution is 2.17. The van der Waals surface area contributed by atoms with Crippen molar-refractivity contribution < 1.29 is 4.79 Å². The zero-order chi connectivity index (χ0) is 19.7. The fraction of sp³-hybridized carbons (Fsp3) is 0.476. The Labute approximate surface area is 165 Å². The number of hydrogen-bond donors (Lipinski definition) is 0. The molecule has 0 unspecified atom stereocenters. The second kappa shape index (κ2) is 7.75. The third-order valence-corrected chi connectivity index (χ3v) is 5.61. The monoisotopic (exact) mass is 380 g/mol. The molecule has 1 aliphatic heterocycles. The molecule has 0 aliphatic carbocycles. The summed E-state index contributed by atoms with van der Waals surface area (Å²) in [7, 11) is 3.84. The first-order valence-corrected chi connectivity index (χ1v) is 9.95. The molecule has 28 heavy (non-hydrogen) atoms. The Morgan fingerprint density at radius 2 is 1.93 bits per heavy atom. The Kier molecular flexibility index (Phi) is 5.17. The standard InChI is InChI=1S/C21H28N6O/c1-16-14-19(25(3)23-16)21(28)27(13-12-26-10-6-7-11-26)15-20-22-17-8-4-5-9-18(17)24(20)2/h4-5,8-9,14H,6-7,10-13,15H2,1-3H3. The van der Waals surface area contributed by atoms with Crippen LogP contribution in [0, 0.1) is 6.92 Å². The van der Waals surface area contributed by atoms with Gasteiger partial charge in [-0.2, -0.15) is 5.10 Å². The normalized spacial score (nSPS) is 14.8. The molecule has 0 radical (unpaired) electrons. The zero-order valence-electron chi connectivity index (χ0n) is 16.9. The van der Waals surface area contributed by atoms with E-state index in [1.165, 1.54) is 12.8 Å². The quantitative estimate of drug-likeness (QED) is 0.659. The number of nitrogens with zero attached hydrogens (tertiary/aromatic N) is 6. The lowest BCUT2D eigenvalue weighted by molar-refractivity contribution is 0.0710. The third kappa shape index (κ3) is 3.67. The van der Waals surface area contributed by atoms with E-state index in [0.717, 1.165) is 42.2 Å². The maximum atomic E-state index is 13.3. The van der Waals surface area contributed by atoms with Crippen LogP contribution in [0.5, 0.6) is 0 Å². The average Bonchev–Trinajstić information content (AvgIpc) is 3.39. The average molecular weight is 380 g/mol. The number of carbonyl (C=O) groups is 1. The SMILES string of the molecule is Cc1cc(C(=O)N(CCN2CCCC2)Cc2nc3ccccc3n2C)n(C)n1. The summed E-state index contributed by atoms with van der Waals surface area (Å²) in [4.78, 5) is 22.4. The maximum absolute atomic E-state index is 13.3. The summed E-state index contributed by atoms with van der Waals surface area (Å²) in [5, 5.41) is 4.35.